The smallest absolute Gasteiger partial charge is 0.222 e. The van der Waals surface area contributed by atoms with Gasteiger partial charge in [0, 0.05) is 58.3 Å². The summed E-state index contributed by atoms with van der Waals surface area (Å²) < 4.78 is 0. The molecule has 1 amide bonds. The van der Waals surface area contributed by atoms with E-state index in [0.717, 1.165) is 76.7 Å². The highest BCUT2D eigenvalue weighted by Gasteiger charge is 2.23. The Balaban J connectivity index is 1.41. The zero-order valence-corrected chi connectivity index (χ0v) is 16.2. The van der Waals surface area contributed by atoms with Crippen molar-refractivity contribution in [3.8, 4) is 0 Å². The van der Waals surface area contributed by atoms with E-state index in [0.29, 0.717) is 18.2 Å². The lowest BCUT2D eigenvalue weighted by Crippen LogP contribution is -2.47. The number of anilines is 2. The summed E-state index contributed by atoms with van der Waals surface area (Å²) in [5, 5.41) is 3.24. The molecule has 2 aliphatic rings. The molecule has 1 N–H and O–H groups in total. The largest absolute Gasteiger partial charge is 0.370 e. The number of carbonyl (C=O) groups excluding carboxylic acids is 1. The summed E-state index contributed by atoms with van der Waals surface area (Å²) in [5.74, 6) is 2.88. The third-order valence-electron chi connectivity index (χ3n) is 5.57. The molecule has 0 atom stereocenters. The topological polar surface area (TPSA) is 64.6 Å². The van der Waals surface area contributed by atoms with Gasteiger partial charge in [0.1, 0.15) is 18.0 Å². The summed E-state index contributed by atoms with van der Waals surface area (Å²) in [6, 6.07) is 2.03. The van der Waals surface area contributed by atoms with Gasteiger partial charge < -0.3 is 20.0 Å². The number of nitrogens with zero attached hydrogens (tertiary/aromatic N) is 5. The number of amides is 1. The van der Waals surface area contributed by atoms with Crippen LogP contribution in [0.3, 0.4) is 0 Å². The molecule has 0 unspecified atom stereocenters. The molecule has 1 aromatic rings. The highest BCUT2D eigenvalue weighted by Crippen LogP contribution is 2.26. The van der Waals surface area contributed by atoms with Crippen LogP contribution in [-0.2, 0) is 4.79 Å². The van der Waals surface area contributed by atoms with E-state index in [1.54, 1.807) is 6.33 Å². The molecule has 2 aliphatic heterocycles. The van der Waals surface area contributed by atoms with Crippen molar-refractivity contribution in [2.75, 3.05) is 63.1 Å². The van der Waals surface area contributed by atoms with Crippen molar-refractivity contribution in [1.29, 1.82) is 0 Å². The molecule has 0 radical (unpaired) electrons. The fourth-order valence-corrected chi connectivity index (χ4v) is 3.79. The molecule has 2 fully saturated rings. The number of hydrogen-bond donors (Lipinski definition) is 1. The van der Waals surface area contributed by atoms with Gasteiger partial charge in [-0.1, -0.05) is 0 Å². The van der Waals surface area contributed by atoms with Gasteiger partial charge in [0.25, 0.3) is 0 Å². The summed E-state index contributed by atoms with van der Waals surface area (Å²) in [5.41, 5.74) is 0. The first-order valence-electron chi connectivity index (χ1n) is 9.93. The van der Waals surface area contributed by atoms with Crippen molar-refractivity contribution >= 4 is 17.5 Å². The first kappa shape index (κ1) is 18.9. The van der Waals surface area contributed by atoms with Crippen molar-refractivity contribution in [3.05, 3.63) is 12.4 Å². The summed E-state index contributed by atoms with van der Waals surface area (Å²) in [7, 11) is 2.12. The first-order valence-corrected chi connectivity index (χ1v) is 9.93. The minimum atomic E-state index is 0.339. The van der Waals surface area contributed by atoms with Crippen LogP contribution < -0.4 is 10.2 Å². The molecule has 3 rings (SSSR count). The van der Waals surface area contributed by atoms with Crippen LogP contribution in [0.1, 0.15) is 32.6 Å². The maximum Gasteiger partial charge on any atom is 0.222 e. The molecule has 0 spiro atoms. The fourth-order valence-electron chi connectivity index (χ4n) is 3.79. The maximum atomic E-state index is 12.4. The van der Waals surface area contributed by atoms with Gasteiger partial charge in [-0.2, -0.15) is 0 Å². The molecule has 144 valence electrons. The zero-order valence-electron chi connectivity index (χ0n) is 16.2. The highest BCUT2D eigenvalue weighted by atomic mass is 16.2. The first-order chi connectivity index (χ1) is 12.7. The fraction of sp³-hybridized carbons (Fsp3) is 0.737. The van der Waals surface area contributed by atoms with E-state index >= 15 is 0 Å². The average molecular weight is 361 g/mol. The van der Waals surface area contributed by atoms with Gasteiger partial charge in [-0.15, -0.1) is 0 Å². The lowest BCUT2D eigenvalue weighted by atomic mass is 9.92. The number of piperidine rings is 1. The second kappa shape index (κ2) is 9.16. The molecule has 3 heterocycles. The molecule has 7 heteroatoms. The summed E-state index contributed by atoms with van der Waals surface area (Å²) in [4.78, 5) is 27.7. The van der Waals surface area contributed by atoms with Crippen LogP contribution in [0.2, 0.25) is 0 Å². The second-order valence-corrected chi connectivity index (χ2v) is 7.44. The van der Waals surface area contributed by atoms with Crippen molar-refractivity contribution < 1.29 is 4.79 Å². The predicted molar refractivity (Wildman–Crippen MR) is 104 cm³/mol. The average Bonchev–Trinajstić information content (AvgIpc) is 2.67. The van der Waals surface area contributed by atoms with Crippen molar-refractivity contribution in [2.45, 2.75) is 32.6 Å². The van der Waals surface area contributed by atoms with Crippen LogP contribution in [0.25, 0.3) is 0 Å². The van der Waals surface area contributed by atoms with Gasteiger partial charge in [-0.05, 0) is 39.2 Å². The maximum absolute atomic E-state index is 12.4. The molecule has 7 nitrogen and oxygen atoms in total. The zero-order chi connectivity index (χ0) is 18.4. The number of likely N-dealkylation sites (N-methyl/N-ethyl adjacent to an activating group) is 1. The van der Waals surface area contributed by atoms with Crippen LogP contribution in [0.5, 0.6) is 0 Å². The van der Waals surface area contributed by atoms with Gasteiger partial charge in [0.15, 0.2) is 0 Å². The van der Waals surface area contributed by atoms with Crippen LogP contribution in [-0.4, -0.2) is 78.5 Å². The lowest BCUT2D eigenvalue weighted by molar-refractivity contribution is -0.133. The van der Waals surface area contributed by atoms with Crippen LogP contribution >= 0.6 is 0 Å². The lowest BCUT2D eigenvalue weighted by Gasteiger charge is -2.34. The van der Waals surface area contributed by atoms with Crippen molar-refractivity contribution in [1.82, 2.24) is 19.8 Å². The Hall–Kier alpha value is -1.89. The standard InChI is InChI=1S/C19H32N6O/c1-3-20-17-14-18(22-15-21-17)24-8-6-16(7-9-24)4-5-19(26)25-12-10-23(2)11-13-25/h14-16H,3-13H2,1-2H3,(H,20,21,22). The Morgan fingerprint density at radius 2 is 1.88 bits per heavy atom. The molecule has 0 aromatic carbocycles. The van der Waals surface area contributed by atoms with Crippen LogP contribution in [0.15, 0.2) is 12.4 Å². The van der Waals surface area contributed by atoms with E-state index < -0.39 is 0 Å². The number of aromatic nitrogens is 2. The van der Waals surface area contributed by atoms with E-state index in [1.165, 1.54) is 0 Å². The normalized spacial score (nSPS) is 19.6. The highest BCUT2D eigenvalue weighted by molar-refractivity contribution is 5.76. The summed E-state index contributed by atoms with van der Waals surface area (Å²) in [6.07, 6.45) is 5.62. The molecule has 0 aliphatic carbocycles. The molecular formula is C19H32N6O. The van der Waals surface area contributed by atoms with Gasteiger partial charge in [0.05, 0.1) is 0 Å². The van der Waals surface area contributed by atoms with Crippen LogP contribution in [0.4, 0.5) is 11.6 Å². The SMILES string of the molecule is CCNc1cc(N2CCC(CCC(=O)N3CCN(C)CC3)CC2)ncn1. The quantitative estimate of drug-likeness (QED) is 0.833. The molecule has 0 bridgehead atoms. The van der Waals surface area contributed by atoms with Gasteiger partial charge in [-0.3, -0.25) is 4.79 Å². The summed E-state index contributed by atoms with van der Waals surface area (Å²) in [6.45, 7) is 8.71. The van der Waals surface area contributed by atoms with Gasteiger partial charge in [0.2, 0.25) is 5.91 Å². The monoisotopic (exact) mass is 360 g/mol. The second-order valence-electron chi connectivity index (χ2n) is 7.44. The molecular weight excluding hydrogens is 328 g/mol. The Kier molecular flexibility index (Phi) is 6.66. The predicted octanol–water partition coefficient (Wildman–Crippen LogP) is 1.68. The summed E-state index contributed by atoms with van der Waals surface area (Å²) >= 11 is 0. The van der Waals surface area contributed by atoms with E-state index in [1.807, 2.05) is 11.0 Å². The molecule has 0 saturated carbocycles. The number of hydrogen-bond acceptors (Lipinski definition) is 6. The molecule has 26 heavy (non-hydrogen) atoms. The van der Waals surface area contributed by atoms with Crippen molar-refractivity contribution in [2.24, 2.45) is 5.92 Å². The van der Waals surface area contributed by atoms with E-state index in [2.05, 4.69) is 39.1 Å². The number of carbonyl (C=O) groups is 1. The van der Waals surface area contributed by atoms with Gasteiger partial charge >= 0.3 is 0 Å². The number of rotatable bonds is 6. The van der Waals surface area contributed by atoms with Gasteiger partial charge in [-0.25, -0.2) is 9.97 Å². The number of nitrogens with one attached hydrogen (secondary N) is 1. The Morgan fingerprint density at radius 3 is 2.58 bits per heavy atom. The minimum absolute atomic E-state index is 0.339. The number of piperazine rings is 1. The molecule has 1 aromatic heterocycles. The van der Waals surface area contributed by atoms with E-state index in [9.17, 15) is 4.79 Å². The Labute approximate surface area is 156 Å². The van der Waals surface area contributed by atoms with E-state index in [-0.39, 0.29) is 0 Å². The van der Waals surface area contributed by atoms with Crippen LogP contribution in [0, 0.1) is 5.92 Å². The third-order valence-corrected chi connectivity index (χ3v) is 5.57. The third kappa shape index (κ3) is 5.06. The Bertz CT molecular complexity index is 579. The Morgan fingerprint density at radius 1 is 1.15 bits per heavy atom. The van der Waals surface area contributed by atoms with E-state index in [4.69, 9.17) is 0 Å². The van der Waals surface area contributed by atoms with Crippen molar-refractivity contribution in [3.63, 3.8) is 0 Å². The minimum Gasteiger partial charge on any atom is -0.370 e. The molecule has 2 saturated heterocycles.